The van der Waals surface area contributed by atoms with Gasteiger partial charge in [-0.15, -0.1) is 22.7 Å². The Bertz CT molecular complexity index is 995. The summed E-state index contributed by atoms with van der Waals surface area (Å²) < 4.78 is 1.15. The summed E-state index contributed by atoms with van der Waals surface area (Å²) in [6.07, 6.45) is 0. The number of halogens is 1. The van der Waals surface area contributed by atoms with Crippen LogP contribution in [-0.2, 0) is 6.54 Å². The highest BCUT2D eigenvalue weighted by molar-refractivity contribution is 9.11. The fourth-order valence-electron chi connectivity index (χ4n) is 3.28. The van der Waals surface area contributed by atoms with Crippen molar-refractivity contribution in [3.8, 4) is 0 Å². The molecule has 3 heterocycles. The van der Waals surface area contributed by atoms with E-state index in [9.17, 15) is 9.59 Å². The maximum absolute atomic E-state index is 12.9. The minimum Gasteiger partial charge on any atom is -0.336 e. The molecule has 1 aromatic carbocycles. The first-order valence-electron chi connectivity index (χ1n) is 9.29. The smallest absolute Gasteiger partial charge is 0.265 e. The van der Waals surface area contributed by atoms with Crippen LogP contribution < -0.4 is 5.32 Å². The van der Waals surface area contributed by atoms with Crippen LogP contribution in [0.15, 0.2) is 57.7 Å². The van der Waals surface area contributed by atoms with Crippen LogP contribution in [0.4, 0.5) is 5.69 Å². The number of hydrogen-bond donors (Lipinski definition) is 1. The second kappa shape index (κ2) is 9.21. The van der Waals surface area contributed by atoms with Crippen molar-refractivity contribution in [3.05, 3.63) is 73.0 Å². The molecule has 0 atom stereocenters. The Morgan fingerprint density at radius 1 is 1.03 bits per heavy atom. The third-order valence-corrected chi connectivity index (χ3v) is 7.26. The van der Waals surface area contributed by atoms with E-state index in [4.69, 9.17) is 0 Å². The van der Waals surface area contributed by atoms with Crippen molar-refractivity contribution in [1.82, 2.24) is 9.80 Å². The molecule has 29 heavy (non-hydrogen) atoms. The first kappa shape index (κ1) is 20.3. The van der Waals surface area contributed by atoms with E-state index in [0.29, 0.717) is 29.2 Å². The molecule has 150 valence electrons. The summed E-state index contributed by atoms with van der Waals surface area (Å²) in [4.78, 5) is 31.4. The lowest BCUT2D eigenvalue weighted by molar-refractivity contribution is 0.0629. The molecule has 0 spiro atoms. The summed E-state index contributed by atoms with van der Waals surface area (Å²) >= 11 is 6.65. The van der Waals surface area contributed by atoms with Gasteiger partial charge in [0.15, 0.2) is 0 Å². The Hall–Kier alpha value is -2.00. The van der Waals surface area contributed by atoms with Crippen LogP contribution in [0.5, 0.6) is 0 Å². The Labute approximate surface area is 186 Å². The van der Waals surface area contributed by atoms with Crippen molar-refractivity contribution in [1.29, 1.82) is 0 Å². The topological polar surface area (TPSA) is 52.7 Å². The van der Waals surface area contributed by atoms with E-state index in [1.165, 1.54) is 16.2 Å². The highest BCUT2D eigenvalue weighted by Gasteiger charge is 2.22. The SMILES string of the molecule is O=C(Nc1cccc(C(=O)N2CCN(Cc3ccc(Br)s3)CC2)c1)c1cccs1. The lowest BCUT2D eigenvalue weighted by Gasteiger charge is -2.34. The van der Waals surface area contributed by atoms with Crippen LogP contribution in [0.1, 0.15) is 24.9 Å². The van der Waals surface area contributed by atoms with Crippen LogP contribution in [0, 0.1) is 0 Å². The number of thiophene rings is 2. The zero-order chi connectivity index (χ0) is 20.2. The van der Waals surface area contributed by atoms with Crippen LogP contribution in [0.2, 0.25) is 0 Å². The van der Waals surface area contributed by atoms with Crippen LogP contribution in [-0.4, -0.2) is 47.8 Å². The van der Waals surface area contributed by atoms with Gasteiger partial charge in [-0.1, -0.05) is 12.1 Å². The molecule has 0 aliphatic carbocycles. The van der Waals surface area contributed by atoms with Crippen molar-refractivity contribution in [2.24, 2.45) is 0 Å². The molecule has 5 nitrogen and oxygen atoms in total. The van der Waals surface area contributed by atoms with Gasteiger partial charge >= 0.3 is 0 Å². The van der Waals surface area contributed by atoms with Gasteiger partial charge in [-0.05, 0) is 57.7 Å². The molecule has 0 saturated carbocycles. The molecule has 0 bridgehead atoms. The molecule has 1 aliphatic heterocycles. The molecule has 1 aliphatic rings. The van der Waals surface area contributed by atoms with Gasteiger partial charge in [-0.3, -0.25) is 14.5 Å². The molecule has 0 unspecified atom stereocenters. The highest BCUT2D eigenvalue weighted by Crippen LogP contribution is 2.24. The summed E-state index contributed by atoms with van der Waals surface area (Å²) in [5.74, 6) is -0.144. The summed E-state index contributed by atoms with van der Waals surface area (Å²) in [5, 5.41) is 4.74. The lowest BCUT2D eigenvalue weighted by atomic mass is 10.1. The molecule has 1 saturated heterocycles. The van der Waals surface area contributed by atoms with Crippen molar-refractivity contribution in [2.75, 3.05) is 31.5 Å². The van der Waals surface area contributed by atoms with Gasteiger partial charge in [0, 0.05) is 48.9 Å². The number of benzene rings is 1. The number of nitrogens with one attached hydrogen (secondary N) is 1. The normalized spacial score (nSPS) is 14.7. The number of nitrogens with zero attached hydrogens (tertiary/aromatic N) is 2. The minimum absolute atomic E-state index is 0.00995. The van der Waals surface area contributed by atoms with Gasteiger partial charge in [0.05, 0.1) is 8.66 Å². The summed E-state index contributed by atoms with van der Waals surface area (Å²) in [6.45, 7) is 4.04. The van der Waals surface area contributed by atoms with Crippen molar-refractivity contribution >= 4 is 56.1 Å². The zero-order valence-electron chi connectivity index (χ0n) is 15.6. The van der Waals surface area contributed by atoms with E-state index in [2.05, 4.69) is 38.3 Å². The fourth-order valence-corrected chi connectivity index (χ4v) is 5.42. The lowest BCUT2D eigenvalue weighted by Crippen LogP contribution is -2.48. The summed E-state index contributed by atoms with van der Waals surface area (Å²) in [5.41, 5.74) is 1.24. The van der Waals surface area contributed by atoms with E-state index in [1.807, 2.05) is 22.4 Å². The number of rotatable bonds is 5. The molecular weight excluding hydrogens is 470 g/mol. The molecule has 8 heteroatoms. The second-order valence-corrected chi connectivity index (χ2v) is 10.3. The molecule has 4 rings (SSSR count). The molecule has 2 amide bonds. The molecule has 0 radical (unpaired) electrons. The molecular formula is C21H20BrN3O2S2. The number of hydrogen-bond acceptors (Lipinski definition) is 5. The van der Waals surface area contributed by atoms with Crippen LogP contribution >= 0.6 is 38.6 Å². The average molecular weight is 490 g/mol. The van der Waals surface area contributed by atoms with E-state index in [-0.39, 0.29) is 11.8 Å². The van der Waals surface area contributed by atoms with Crippen molar-refractivity contribution < 1.29 is 9.59 Å². The maximum atomic E-state index is 12.9. The third kappa shape index (κ3) is 5.14. The Morgan fingerprint density at radius 3 is 2.55 bits per heavy atom. The third-order valence-electron chi connectivity index (χ3n) is 4.78. The number of amides is 2. The number of anilines is 1. The summed E-state index contributed by atoms with van der Waals surface area (Å²) in [6, 6.07) is 15.0. The van der Waals surface area contributed by atoms with Crippen LogP contribution in [0.25, 0.3) is 0 Å². The van der Waals surface area contributed by atoms with E-state index >= 15 is 0 Å². The minimum atomic E-state index is -0.154. The number of carbonyl (C=O) groups excluding carboxylic acids is 2. The Kier molecular flexibility index (Phi) is 6.44. The van der Waals surface area contributed by atoms with Gasteiger partial charge < -0.3 is 10.2 Å². The summed E-state index contributed by atoms with van der Waals surface area (Å²) in [7, 11) is 0. The standard InChI is InChI=1S/C21H20BrN3O2S2/c22-19-7-6-17(29-19)14-24-8-10-25(11-9-24)21(27)15-3-1-4-16(13-15)23-20(26)18-5-2-12-28-18/h1-7,12-13H,8-11,14H2,(H,23,26). The van der Waals surface area contributed by atoms with Gasteiger partial charge in [0.2, 0.25) is 0 Å². The quantitative estimate of drug-likeness (QED) is 0.560. The van der Waals surface area contributed by atoms with Crippen LogP contribution in [0.3, 0.4) is 0 Å². The first-order valence-corrected chi connectivity index (χ1v) is 11.8. The fraction of sp³-hybridized carbons (Fsp3) is 0.238. The number of piperazine rings is 1. The van der Waals surface area contributed by atoms with Gasteiger partial charge in [0.1, 0.15) is 0 Å². The molecule has 2 aromatic heterocycles. The zero-order valence-corrected chi connectivity index (χ0v) is 18.9. The highest BCUT2D eigenvalue weighted by atomic mass is 79.9. The van der Waals surface area contributed by atoms with Gasteiger partial charge in [0.25, 0.3) is 11.8 Å². The Balaban J connectivity index is 1.34. The predicted octanol–water partition coefficient (Wildman–Crippen LogP) is 4.78. The predicted molar refractivity (Wildman–Crippen MR) is 122 cm³/mol. The van der Waals surface area contributed by atoms with E-state index in [1.54, 1.807) is 35.6 Å². The van der Waals surface area contributed by atoms with Gasteiger partial charge in [-0.2, -0.15) is 0 Å². The van der Waals surface area contributed by atoms with Gasteiger partial charge in [-0.25, -0.2) is 0 Å². The van der Waals surface area contributed by atoms with E-state index < -0.39 is 0 Å². The number of carbonyl (C=O) groups is 2. The largest absolute Gasteiger partial charge is 0.336 e. The average Bonchev–Trinajstić information content (AvgIpc) is 3.40. The molecule has 1 fully saturated rings. The molecule has 1 N–H and O–H groups in total. The maximum Gasteiger partial charge on any atom is 0.265 e. The van der Waals surface area contributed by atoms with Crippen molar-refractivity contribution in [2.45, 2.75) is 6.54 Å². The molecule has 3 aromatic rings. The first-order chi connectivity index (χ1) is 14.1. The van der Waals surface area contributed by atoms with E-state index in [0.717, 1.165) is 23.4 Å². The second-order valence-electron chi connectivity index (χ2n) is 6.79. The van der Waals surface area contributed by atoms with Crippen molar-refractivity contribution in [3.63, 3.8) is 0 Å². The monoisotopic (exact) mass is 489 g/mol. The Morgan fingerprint density at radius 2 is 1.86 bits per heavy atom.